The second-order valence-electron chi connectivity index (χ2n) is 7.30. The van der Waals surface area contributed by atoms with E-state index >= 15 is 0 Å². The van der Waals surface area contributed by atoms with Gasteiger partial charge in [-0.1, -0.05) is 24.3 Å². The third kappa shape index (κ3) is 3.06. The van der Waals surface area contributed by atoms with Crippen LogP contribution >= 0.6 is 0 Å². The molecule has 1 N–H and O–H groups in total. The predicted molar refractivity (Wildman–Crippen MR) is 97.8 cm³/mol. The van der Waals surface area contributed by atoms with Gasteiger partial charge in [0.15, 0.2) is 0 Å². The Kier molecular flexibility index (Phi) is 4.35. The van der Waals surface area contributed by atoms with Gasteiger partial charge in [0, 0.05) is 25.6 Å². The molecule has 2 aromatic rings. The molecule has 1 fully saturated rings. The lowest BCUT2D eigenvalue weighted by Gasteiger charge is -2.31. The zero-order chi connectivity index (χ0) is 19.2. The Morgan fingerprint density at radius 3 is 2.78 bits per heavy atom. The van der Waals surface area contributed by atoms with Crippen LogP contribution in [0.2, 0.25) is 0 Å². The highest BCUT2D eigenvalue weighted by Crippen LogP contribution is 2.49. The number of nitrogens with one attached hydrogen (secondary N) is 1. The van der Waals surface area contributed by atoms with Crippen LogP contribution in [0.4, 0.5) is 18.9 Å². The van der Waals surface area contributed by atoms with E-state index in [9.17, 15) is 18.4 Å². The molecule has 140 valence electrons. The molecule has 2 atom stereocenters. The average molecular weight is 371 g/mol. The Labute approximate surface area is 156 Å². The Morgan fingerprint density at radius 1 is 1.26 bits per heavy atom. The Balaban J connectivity index is 1.83. The van der Waals surface area contributed by atoms with Crippen molar-refractivity contribution in [2.45, 2.75) is 31.0 Å². The van der Waals surface area contributed by atoms with E-state index < -0.39 is 11.7 Å². The van der Waals surface area contributed by atoms with Crippen molar-refractivity contribution in [1.82, 2.24) is 5.32 Å². The SMILES string of the molecule is CN1c2c(cc(Cc3ccccc3C#N)cc2C(F)(F)F)[C@@H]2CNCC[C@@H]21. The molecule has 2 aliphatic heterocycles. The van der Waals surface area contributed by atoms with Crippen LogP contribution in [0.1, 0.15) is 40.2 Å². The van der Waals surface area contributed by atoms with E-state index in [1.165, 1.54) is 6.07 Å². The average Bonchev–Trinajstić information content (AvgIpc) is 2.94. The van der Waals surface area contributed by atoms with Gasteiger partial charge >= 0.3 is 6.18 Å². The van der Waals surface area contributed by atoms with Gasteiger partial charge in [0.1, 0.15) is 0 Å². The number of hydrogen-bond acceptors (Lipinski definition) is 3. The molecule has 3 nitrogen and oxygen atoms in total. The number of halogens is 3. The quantitative estimate of drug-likeness (QED) is 0.865. The molecule has 0 aliphatic carbocycles. The number of nitrogens with zero attached hydrogens (tertiary/aromatic N) is 2. The fraction of sp³-hybridized carbons (Fsp3) is 0.381. The number of alkyl halides is 3. The highest BCUT2D eigenvalue weighted by molar-refractivity contribution is 5.69. The number of fused-ring (bicyclic) bond motifs is 3. The van der Waals surface area contributed by atoms with E-state index in [0.29, 0.717) is 29.8 Å². The van der Waals surface area contributed by atoms with Crippen LogP contribution < -0.4 is 10.2 Å². The van der Waals surface area contributed by atoms with Crippen LogP contribution in [0.25, 0.3) is 0 Å². The van der Waals surface area contributed by atoms with Gasteiger partial charge < -0.3 is 10.2 Å². The van der Waals surface area contributed by atoms with E-state index in [2.05, 4.69) is 11.4 Å². The number of likely N-dealkylation sites (N-methyl/N-ethyl adjacent to an activating group) is 1. The van der Waals surface area contributed by atoms with Crippen LogP contribution in [0.3, 0.4) is 0 Å². The lowest BCUT2D eigenvalue weighted by molar-refractivity contribution is -0.137. The summed E-state index contributed by atoms with van der Waals surface area (Å²) in [6.07, 6.45) is -3.27. The van der Waals surface area contributed by atoms with E-state index in [1.807, 2.05) is 17.0 Å². The Morgan fingerprint density at radius 2 is 2.04 bits per heavy atom. The topological polar surface area (TPSA) is 39.1 Å². The monoisotopic (exact) mass is 371 g/mol. The van der Waals surface area contributed by atoms with Gasteiger partial charge in [0.2, 0.25) is 0 Å². The summed E-state index contributed by atoms with van der Waals surface area (Å²) in [4.78, 5) is 1.82. The molecular weight excluding hydrogens is 351 g/mol. The summed E-state index contributed by atoms with van der Waals surface area (Å²) < 4.78 is 41.6. The molecule has 2 aromatic carbocycles. The summed E-state index contributed by atoms with van der Waals surface area (Å²) in [5.41, 5.74) is 2.37. The van der Waals surface area contributed by atoms with E-state index in [0.717, 1.165) is 24.1 Å². The molecule has 6 heteroatoms. The molecule has 2 aliphatic rings. The second kappa shape index (κ2) is 6.58. The van der Waals surface area contributed by atoms with Crippen LogP contribution in [-0.2, 0) is 12.6 Å². The van der Waals surface area contributed by atoms with Gasteiger partial charge in [-0.15, -0.1) is 0 Å². The number of hydrogen-bond donors (Lipinski definition) is 1. The molecular formula is C21H20F3N3. The third-order valence-electron chi connectivity index (χ3n) is 5.73. The molecule has 0 radical (unpaired) electrons. The molecule has 0 saturated carbocycles. The number of anilines is 1. The van der Waals surface area contributed by atoms with Crippen LogP contribution in [-0.4, -0.2) is 26.2 Å². The number of rotatable bonds is 2. The highest BCUT2D eigenvalue weighted by Gasteiger charge is 2.44. The van der Waals surface area contributed by atoms with Crippen molar-refractivity contribution < 1.29 is 13.2 Å². The molecule has 0 bridgehead atoms. The van der Waals surface area contributed by atoms with Gasteiger partial charge in [-0.3, -0.25) is 0 Å². The van der Waals surface area contributed by atoms with Crippen molar-refractivity contribution in [2.75, 3.05) is 25.0 Å². The maximum absolute atomic E-state index is 13.9. The van der Waals surface area contributed by atoms with Gasteiger partial charge in [-0.2, -0.15) is 18.4 Å². The van der Waals surface area contributed by atoms with Crippen LogP contribution in [0.5, 0.6) is 0 Å². The minimum atomic E-state index is -4.41. The van der Waals surface area contributed by atoms with Gasteiger partial charge in [-0.05, 0) is 48.2 Å². The summed E-state index contributed by atoms with van der Waals surface area (Å²) in [5, 5.41) is 12.6. The maximum Gasteiger partial charge on any atom is 0.418 e. The molecule has 27 heavy (non-hydrogen) atoms. The first kappa shape index (κ1) is 17.9. The van der Waals surface area contributed by atoms with Crippen molar-refractivity contribution in [3.63, 3.8) is 0 Å². The van der Waals surface area contributed by atoms with Gasteiger partial charge in [-0.25, -0.2) is 0 Å². The van der Waals surface area contributed by atoms with E-state index in [1.54, 1.807) is 25.2 Å². The number of piperidine rings is 1. The molecule has 4 rings (SSSR count). The highest BCUT2D eigenvalue weighted by atomic mass is 19.4. The molecule has 2 heterocycles. The third-order valence-corrected chi connectivity index (χ3v) is 5.73. The fourth-order valence-electron chi connectivity index (χ4n) is 4.51. The summed E-state index contributed by atoms with van der Waals surface area (Å²) in [6, 6.07) is 12.5. The fourth-order valence-corrected chi connectivity index (χ4v) is 4.51. The van der Waals surface area contributed by atoms with Crippen molar-refractivity contribution >= 4 is 5.69 Å². The summed E-state index contributed by atoms with van der Waals surface area (Å²) in [7, 11) is 1.77. The number of nitriles is 1. The summed E-state index contributed by atoms with van der Waals surface area (Å²) in [6.45, 7) is 1.51. The second-order valence-corrected chi connectivity index (χ2v) is 7.30. The van der Waals surface area contributed by atoms with Crippen molar-refractivity contribution in [3.8, 4) is 6.07 Å². The molecule has 0 spiro atoms. The van der Waals surface area contributed by atoms with Crippen molar-refractivity contribution in [1.29, 1.82) is 5.26 Å². The lowest BCUT2D eigenvalue weighted by Crippen LogP contribution is -2.42. The van der Waals surface area contributed by atoms with Crippen molar-refractivity contribution in [2.24, 2.45) is 0 Å². The Bertz CT molecular complexity index is 914. The maximum atomic E-state index is 13.9. The minimum absolute atomic E-state index is 0.0611. The molecule has 0 unspecified atom stereocenters. The first-order valence-corrected chi connectivity index (χ1v) is 9.05. The van der Waals surface area contributed by atoms with Gasteiger partial charge in [0.25, 0.3) is 0 Å². The smallest absolute Gasteiger partial charge is 0.370 e. The first-order chi connectivity index (χ1) is 12.9. The minimum Gasteiger partial charge on any atom is -0.370 e. The Hall–Kier alpha value is -2.52. The predicted octanol–water partition coefficient (Wildman–Crippen LogP) is 4.06. The largest absolute Gasteiger partial charge is 0.418 e. The van der Waals surface area contributed by atoms with Gasteiger partial charge in [0.05, 0.1) is 22.9 Å². The van der Waals surface area contributed by atoms with E-state index in [-0.39, 0.29) is 12.0 Å². The molecule has 1 saturated heterocycles. The number of benzene rings is 2. The van der Waals surface area contributed by atoms with Crippen LogP contribution in [0.15, 0.2) is 36.4 Å². The molecule has 0 aromatic heterocycles. The zero-order valence-electron chi connectivity index (χ0n) is 15.0. The first-order valence-electron chi connectivity index (χ1n) is 9.05. The zero-order valence-corrected chi connectivity index (χ0v) is 15.0. The molecule has 0 amide bonds. The normalized spacial score (nSPS) is 21.5. The van der Waals surface area contributed by atoms with Crippen LogP contribution in [0, 0.1) is 11.3 Å². The van der Waals surface area contributed by atoms with E-state index in [4.69, 9.17) is 0 Å². The standard InChI is InChI=1S/C21H20F3N3/c1-27-19-6-7-26-12-17(19)16-9-13(10-18(20(16)27)21(22,23)24)8-14-4-2-3-5-15(14)11-25/h2-5,9-10,17,19,26H,6-8,12H2,1H3/t17-,19-/m0/s1. The lowest BCUT2D eigenvalue weighted by atomic mass is 9.87. The summed E-state index contributed by atoms with van der Waals surface area (Å²) in [5.74, 6) is 0.0611. The van der Waals surface area contributed by atoms with Crippen molar-refractivity contribution in [3.05, 3.63) is 64.2 Å². The summed E-state index contributed by atoms with van der Waals surface area (Å²) >= 11 is 0.